The summed E-state index contributed by atoms with van der Waals surface area (Å²) in [5.74, 6) is -1.06. The standard InChI is InChI=1S/C9H11FN2O2/c1-6(2)14-12-9(13)7-3-4-8(10)11-5-7/h3-6H,1-2H3,(H,12,13). The summed E-state index contributed by atoms with van der Waals surface area (Å²) in [6.07, 6.45) is 1.04. The highest BCUT2D eigenvalue weighted by Crippen LogP contribution is 1.98. The number of halogens is 1. The molecule has 5 heteroatoms. The third kappa shape index (κ3) is 3.10. The molecule has 0 aliphatic carbocycles. The zero-order valence-corrected chi connectivity index (χ0v) is 7.95. The van der Waals surface area contributed by atoms with E-state index < -0.39 is 11.9 Å². The Labute approximate surface area is 81.1 Å². The Bertz CT molecular complexity index is 311. The van der Waals surface area contributed by atoms with Crippen LogP contribution in [-0.4, -0.2) is 17.0 Å². The zero-order chi connectivity index (χ0) is 10.6. The summed E-state index contributed by atoms with van der Waals surface area (Å²) in [5, 5.41) is 0. The van der Waals surface area contributed by atoms with Crippen molar-refractivity contribution in [2.45, 2.75) is 20.0 Å². The lowest BCUT2D eigenvalue weighted by atomic mass is 10.3. The van der Waals surface area contributed by atoms with Gasteiger partial charge in [-0.25, -0.2) is 10.5 Å². The fraction of sp³-hybridized carbons (Fsp3) is 0.333. The predicted molar refractivity (Wildman–Crippen MR) is 47.9 cm³/mol. The monoisotopic (exact) mass is 198 g/mol. The average Bonchev–Trinajstić information content (AvgIpc) is 2.15. The lowest BCUT2D eigenvalue weighted by molar-refractivity contribution is 0.000158. The number of nitrogens with zero attached hydrogens (tertiary/aromatic N) is 1. The van der Waals surface area contributed by atoms with E-state index in [2.05, 4.69) is 10.5 Å². The molecule has 0 saturated carbocycles. The van der Waals surface area contributed by atoms with Crippen molar-refractivity contribution in [1.82, 2.24) is 10.5 Å². The third-order valence-corrected chi connectivity index (χ3v) is 1.38. The Balaban J connectivity index is 2.57. The number of hydrogen-bond acceptors (Lipinski definition) is 3. The summed E-state index contributed by atoms with van der Waals surface area (Å²) in [6, 6.07) is 2.45. The third-order valence-electron chi connectivity index (χ3n) is 1.38. The number of hydrogen-bond donors (Lipinski definition) is 1. The maximum atomic E-state index is 12.4. The van der Waals surface area contributed by atoms with Crippen molar-refractivity contribution < 1.29 is 14.0 Å². The normalized spacial score (nSPS) is 10.3. The van der Waals surface area contributed by atoms with Crippen LogP contribution in [0.4, 0.5) is 4.39 Å². The average molecular weight is 198 g/mol. The van der Waals surface area contributed by atoms with Gasteiger partial charge in [0.25, 0.3) is 5.91 Å². The second-order valence-electron chi connectivity index (χ2n) is 2.97. The fourth-order valence-corrected chi connectivity index (χ4v) is 0.740. The number of nitrogens with one attached hydrogen (secondary N) is 1. The summed E-state index contributed by atoms with van der Waals surface area (Å²) in [6.45, 7) is 3.56. The molecule has 4 nitrogen and oxygen atoms in total. The topological polar surface area (TPSA) is 51.2 Å². The molecule has 0 radical (unpaired) electrons. The highest BCUT2D eigenvalue weighted by Gasteiger charge is 2.06. The van der Waals surface area contributed by atoms with Crippen molar-refractivity contribution in [3.63, 3.8) is 0 Å². The van der Waals surface area contributed by atoms with Gasteiger partial charge in [0.15, 0.2) is 0 Å². The van der Waals surface area contributed by atoms with E-state index in [1.165, 1.54) is 6.07 Å². The first-order chi connectivity index (χ1) is 6.59. The van der Waals surface area contributed by atoms with Crippen LogP contribution in [0.2, 0.25) is 0 Å². The van der Waals surface area contributed by atoms with Gasteiger partial charge in [0, 0.05) is 6.20 Å². The predicted octanol–water partition coefficient (Wildman–Crippen LogP) is 1.29. The number of pyridine rings is 1. The van der Waals surface area contributed by atoms with Crippen LogP contribution in [0.3, 0.4) is 0 Å². The van der Waals surface area contributed by atoms with E-state index >= 15 is 0 Å². The van der Waals surface area contributed by atoms with E-state index in [0.717, 1.165) is 12.3 Å². The molecule has 0 aliphatic rings. The van der Waals surface area contributed by atoms with E-state index in [1.807, 2.05) is 0 Å². The quantitative estimate of drug-likeness (QED) is 0.588. The summed E-state index contributed by atoms with van der Waals surface area (Å²) in [5.41, 5.74) is 2.47. The van der Waals surface area contributed by atoms with Gasteiger partial charge in [-0.2, -0.15) is 4.39 Å². The minimum Gasteiger partial charge on any atom is -0.271 e. The number of carbonyl (C=O) groups is 1. The molecule has 0 fully saturated rings. The molecule has 1 heterocycles. The van der Waals surface area contributed by atoms with Crippen LogP contribution < -0.4 is 5.48 Å². The van der Waals surface area contributed by atoms with Crippen LogP contribution in [-0.2, 0) is 4.84 Å². The minimum atomic E-state index is -0.619. The molecule has 1 N–H and O–H groups in total. The molecule has 0 saturated heterocycles. The van der Waals surface area contributed by atoms with Crippen molar-refractivity contribution >= 4 is 5.91 Å². The first-order valence-corrected chi connectivity index (χ1v) is 4.17. The summed E-state index contributed by atoms with van der Waals surface area (Å²) < 4.78 is 12.4. The van der Waals surface area contributed by atoms with Gasteiger partial charge in [-0.05, 0) is 26.0 Å². The second-order valence-corrected chi connectivity index (χ2v) is 2.97. The highest BCUT2D eigenvalue weighted by atomic mass is 19.1. The molecule has 1 amide bonds. The lowest BCUT2D eigenvalue weighted by Gasteiger charge is -2.07. The van der Waals surface area contributed by atoms with Crippen molar-refractivity contribution in [3.05, 3.63) is 29.8 Å². The molecule has 1 aromatic rings. The molecule has 0 aromatic carbocycles. The lowest BCUT2D eigenvalue weighted by Crippen LogP contribution is -2.27. The smallest absolute Gasteiger partial charge is 0.271 e. The summed E-state index contributed by atoms with van der Waals surface area (Å²) >= 11 is 0. The van der Waals surface area contributed by atoms with Crippen LogP contribution in [0.1, 0.15) is 24.2 Å². The Morgan fingerprint density at radius 1 is 1.57 bits per heavy atom. The molecule has 14 heavy (non-hydrogen) atoms. The van der Waals surface area contributed by atoms with E-state index in [-0.39, 0.29) is 11.7 Å². The van der Waals surface area contributed by atoms with Crippen molar-refractivity contribution in [1.29, 1.82) is 0 Å². The number of hydroxylamine groups is 1. The van der Waals surface area contributed by atoms with Gasteiger partial charge < -0.3 is 0 Å². The molecular weight excluding hydrogens is 187 g/mol. The number of aromatic nitrogens is 1. The van der Waals surface area contributed by atoms with Crippen molar-refractivity contribution in [2.24, 2.45) is 0 Å². The summed E-state index contributed by atoms with van der Waals surface area (Å²) in [4.78, 5) is 19.5. The van der Waals surface area contributed by atoms with Gasteiger partial charge >= 0.3 is 0 Å². The van der Waals surface area contributed by atoms with Crippen LogP contribution in [0.5, 0.6) is 0 Å². The van der Waals surface area contributed by atoms with Crippen LogP contribution in [0.15, 0.2) is 18.3 Å². The van der Waals surface area contributed by atoms with Crippen LogP contribution >= 0.6 is 0 Å². The molecule has 0 bridgehead atoms. The number of rotatable bonds is 3. The van der Waals surface area contributed by atoms with E-state index in [1.54, 1.807) is 13.8 Å². The Morgan fingerprint density at radius 3 is 2.79 bits per heavy atom. The molecule has 0 unspecified atom stereocenters. The van der Waals surface area contributed by atoms with E-state index in [9.17, 15) is 9.18 Å². The maximum Gasteiger partial charge on any atom is 0.276 e. The van der Waals surface area contributed by atoms with Gasteiger partial charge in [0.2, 0.25) is 5.95 Å². The summed E-state index contributed by atoms with van der Waals surface area (Å²) in [7, 11) is 0. The molecule has 1 rings (SSSR count). The Kier molecular flexibility index (Phi) is 3.53. The molecule has 1 aromatic heterocycles. The van der Waals surface area contributed by atoms with Gasteiger partial charge in [0.1, 0.15) is 0 Å². The molecule has 0 spiro atoms. The first-order valence-electron chi connectivity index (χ1n) is 4.17. The van der Waals surface area contributed by atoms with Gasteiger partial charge in [0.05, 0.1) is 11.7 Å². The second kappa shape index (κ2) is 4.66. The first kappa shape index (κ1) is 10.6. The van der Waals surface area contributed by atoms with E-state index in [4.69, 9.17) is 4.84 Å². The minimum absolute atomic E-state index is 0.104. The van der Waals surface area contributed by atoms with E-state index in [0.29, 0.717) is 0 Å². The van der Waals surface area contributed by atoms with Crippen molar-refractivity contribution in [3.8, 4) is 0 Å². The number of amides is 1. The highest BCUT2D eigenvalue weighted by molar-refractivity contribution is 5.93. The maximum absolute atomic E-state index is 12.4. The molecule has 76 valence electrons. The van der Waals surface area contributed by atoms with Crippen LogP contribution in [0.25, 0.3) is 0 Å². The molecular formula is C9H11FN2O2. The zero-order valence-electron chi connectivity index (χ0n) is 7.95. The Hall–Kier alpha value is -1.49. The molecule has 0 aliphatic heterocycles. The largest absolute Gasteiger partial charge is 0.276 e. The van der Waals surface area contributed by atoms with Crippen molar-refractivity contribution in [2.75, 3.05) is 0 Å². The molecule has 0 atom stereocenters. The van der Waals surface area contributed by atoms with Gasteiger partial charge in [-0.1, -0.05) is 0 Å². The van der Waals surface area contributed by atoms with Gasteiger partial charge in [-0.3, -0.25) is 9.63 Å². The Morgan fingerprint density at radius 2 is 2.29 bits per heavy atom. The van der Waals surface area contributed by atoms with Crippen LogP contribution in [0, 0.1) is 5.95 Å². The number of carbonyl (C=O) groups excluding carboxylic acids is 1. The van der Waals surface area contributed by atoms with Gasteiger partial charge in [-0.15, -0.1) is 0 Å². The fourth-order valence-electron chi connectivity index (χ4n) is 0.740. The SMILES string of the molecule is CC(C)ONC(=O)c1ccc(F)nc1.